The molecular weight excluding hydrogens is 364 g/mol. The summed E-state index contributed by atoms with van der Waals surface area (Å²) in [5.41, 5.74) is 1.22. The van der Waals surface area contributed by atoms with Crippen LogP contribution in [0.25, 0.3) is 0 Å². The predicted octanol–water partition coefficient (Wildman–Crippen LogP) is 2.58. The number of hydrogen-bond acceptors (Lipinski definition) is 4. The highest BCUT2D eigenvalue weighted by atomic mass is 32.2. The third-order valence-corrected chi connectivity index (χ3v) is 6.80. The molecule has 27 heavy (non-hydrogen) atoms. The summed E-state index contributed by atoms with van der Waals surface area (Å²) in [6.45, 7) is 2.44. The van der Waals surface area contributed by atoms with Crippen LogP contribution in [0.1, 0.15) is 28.8 Å². The normalized spacial score (nSPS) is 16.3. The second-order valence-electron chi connectivity index (χ2n) is 6.80. The van der Waals surface area contributed by atoms with Crippen molar-refractivity contribution in [3.63, 3.8) is 0 Å². The van der Waals surface area contributed by atoms with Gasteiger partial charge in [0.1, 0.15) is 0 Å². The molecule has 7 heteroatoms. The lowest BCUT2D eigenvalue weighted by atomic mass is 9.98. The second-order valence-corrected chi connectivity index (χ2v) is 8.73. The Bertz CT molecular complexity index is 876. The molecule has 1 heterocycles. The van der Waals surface area contributed by atoms with Gasteiger partial charge >= 0.3 is 5.97 Å². The van der Waals surface area contributed by atoms with Crippen LogP contribution >= 0.6 is 0 Å². The van der Waals surface area contributed by atoms with Crippen LogP contribution in [0.15, 0.2) is 59.5 Å². The minimum absolute atomic E-state index is 0.286. The van der Waals surface area contributed by atoms with Crippen molar-refractivity contribution in [3.8, 4) is 0 Å². The molecule has 0 bridgehead atoms. The lowest BCUT2D eigenvalue weighted by Crippen LogP contribution is -2.40. The average Bonchev–Trinajstić information content (AvgIpc) is 2.69. The first-order chi connectivity index (χ1) is 13.0. The molecule has 1 aliphatic heterocycles. The molecule has 2 aromatic rings. The number of sulfonamides is 1. The Kier molecular flexibility index (Phi) is 6.26. The number of benzene rings is 2. The molecule has 0 aliphatic carbocycles. The first-order valence-electron chi connectivity index (χ1n) is 9.05. The number of nitrogens with zero attached hydrogens (tertiary/aromatic N) is 1. The molecule has 0 radical (unpaired) electrons. The van der Waals surface area contributed by atoms with Gasteiger partial charge in [-0.05, 0) is 55.1 Å². The minimum Gasteiger partial charge on any atom is -0.478 e. The van der Waals surface area contributed by atoms with E-state index in [2.05, 4.69) is 5.32 Å². The van der Waals surface area contributed by atoms with Crippen LogP contribution in [0.4, 0.5) is 0 Å². The predicted molar refractivity (Wildman–Crippen MR) is 103 cm³/mol. The summed E-state index contributed by atoms with van der Waals surface area (Å²) in [7, 11) is -3.40. The van der Waals surface area contributed by atoms with Gasteiger partial charge in [0.15, 0.2) is 0 Å². The molecule has 1 saturated heterocycles. The van der Waals surface area contributed by atoms with Crippen molar-refractivity contribution >= 4 is 16.0 Å². The first-order valence-corrected chi connectivity index (χ1v) is 10.5. The molecule has 2 N–H and O–H groups in total. The second kappa shape index (κ2) is 8.65. The van der Waals surface area contributed by atoms with E-state index in [4.69, 9.17) is 5.11 Å². The fourth-order valence-corrected chi connectivity index (χ4v) is 4.82. The summed E-state index contributed by atoms with van der Waals surface area (Å²) >= 11 is 0. The van der Waals surface area contributed by atoms with Gasteiger partial charge in [0.25, 0.3) is 0 Å². The van der Waals surface area contributed by atoms with Crippen molar-refractivity contribution in [3.05, 3.63) is 65.7 Å². The number of aromatic carboxylic acids is 1. The van der Waals surface area contributed by atoms with Gasteiger partial charge in [-0.2, -0.15) is 4.31 Å². The SMILES string of the molecule is O=C(O)c1cccc(CNCC2CCN(S(=O)(=O)c3ccccc3)CC2)c1. The Morgan fingerprint density at radius 1 is 1.07 bits per heavy atom. The molecule has 3 rings (SSSR count). The number of carboxylic acid groups (broad SMARTS) is 1. The van der Waals surface area contributed by atoms with E-state index in [0.717, 1.165) is 24.9 Å². The number of carboxylic acids is 1. The van der Waals surface area contributed by atoms with Gasteiger partial charge in [0.2, 0.25) is 10.0 Å². The van der Waals surface area contributed by atoms with Crippen LogP contribution in [-0.4, -0.2) is 43.4 Å². The molecule has 0 saturated carbocycles. The topological polar surface area (TPSA) is 86.7 Å². The highest BCUT2D eigenvalue weighted by Gasteiger charge is 2.28. The van der Waals surface area contributed by atoms with Crippen LogP contribution in [0.3, 0.4) is 0 Å². The zero-order chi connectivity index (χ0) is 19.3. The van der Waals surface area contributed by atoms with Gasteiger partial charge in [0, 0.05) is 19.6 Å². The molecule has 144 valence electrons. The standard InChI is InChI=1S/C20H24N2O4S/c23-20(24)18-6-4-5-17(13-18)15-21-14-16-9-11-22(12-10-16)27(25,26)19-7-2-1-3-8-19/h1-8,13,16,21H,9-12,14-15H2,(H,23,24). The van der Waals surface area contributed by atoms with E-state index in [-0.39, 0.29) is 5.56 Å². The van der Waals surface area contributed by atoms with Crippen molar-refractivity contribution in [2.75, 3.05) is 19.6 Å². The minimum atomic E-state index is -3.40. The Morgan fingerprint density at radius 3 is 2.44 bits per heavy atom. The number of rotatable bonds is 7. The van der Waals surface area contributed by atoms with E-state index in [9.17, 15) is 13.2 Å². The maximum absolute atomic E-state index is 12.6. The lowest BCUT2D eigenvalue weighted by molar-refractivity contribution is 0.0696. The summed E-state index contributed by atoms with van der Waals surface area (Å²) < 4.78 is 26.8. The molecule has 2 aromatic carbocycles. The van der Waals surface area contributed by atoms with Crippen LogP contribution in [0.5, 0.6) is 0 Å². The number of hydrogen-bond donors (Lipinski definition) is 2. The van der Waals surface area contributed by atoms with Gasteiger partial charge in [-0.1, -0.05) is 30.3 Å². The highest BCUT2D eigenvalue weighted by Crippen LogP contribution is 2.23. The molecule has 6 nitrogen and oxygen atoms in total. The van der Waals surface area contributed by atoms with E-state index < -0.39 is 16.0 Å². The van der Waals surface area contributed by atoms with Crippen molar-refractivity contribution in [2.24, 2.45) is 5.92 Å². The van der Waals surface area contributed by atoms with E-state index in [1.165, 1.54) is 0 Å². The monoisotopic (exact) mass is 388 g/mol. The Hall–Kier alpha value is -2.22. The van der Waals surface area contributed by atoms with Crippen molar-refractivity contribution < 1.29 is 18.3 Å². The Balaban J connectivity index is 1.47. The summed E-state index contributed by atoms with van der Waals surface area (Å²) in [5, 5.41) is 12.4. The van der Waals surface area contributed by atoms with Gasteiger partial charge in [0.05, 0.1) is 10.5 Å². The highest BCUT2D eigenvalue weighted by molar-refractivity contribution is 7.89. The van der Waals surface area contributed by atoms with Crippen LogP contribution in [0, 0.1) is 5.92 Å². The Morgan fingerprint density at radius 2 is 1.78 bits per heavy atom. The molecule has 0 atom stereocenters. The molecule has 1 fully saturated rings. The molecule has 0 spiro atoms. The number of piperidine rings is 1. The largest absolute Gasteiger partial charge is 0.478 e. The molecule has 0 unspecified atom stereocenters. The van der Waals surface area contributed by atoms with E-state index in [1.807, 2.05) is 12.1 Å². The molecule has 1 aliphatic rings. The summed E-state index contributed by atoms with van der Waals surface area (Å²) in [6.07, 6.45) is 1.63. The van der Waals surface area contributed by atoms with Crippen LogP contribution in [-0.2, 0) is 16.6 Å². The van der Waals surface area contributed by atoms with E-state index in [0.29, 0.717) is 30.4 Å². The van der Waals surface area contributed by atoms with Crippen molar-refractivity contribution in [2.45, 2.75) is 24.3 Å². The zero-order valence-corrected chi connectivity index (χ0v) is 15.9. The maximum atomic E-state index is 12.6. The first kappa shape index (κ1) is 19.5. The van der Waals surface area contributed by atoms with Gasteiger partial charge < -0.3 is 10.4 Å². The summed E-state index contributed by atoms with van der Waals surface area (Å²) in [4.78, 5) is 11.4. The number of nitrogens with one attached hydrogen (secondary N) is 1. The third-order valence-electron chi connectivity index (χ3n) is 4.89. The van der Waals surface area contributed by atoms with Gasteiger partial charge in [-0.25, -0.2) is 13.2 Å². The maximum Gasteiger partial charge on any atom is 0.335 e. The molecular formula is C20H24N2O4S. The summed E-state index contributed by atoms with van der Waals surface area (Å²) in [5.74, 6) is -0.515. The fourth-order valence-electron chi connectivity index (χ4n) is 3.33. The quantitative estimate of drug-likeness (QED) is 0.761. The smallest absolute Gasteiger partial charge is 0.335 e. The van der Waals surface area contributed by atoms with Gasteiger partial charge in [-0.15, -0.1) is 0 Å². The lowest BCUT2D eigenvalue weighted by Gasteiger charge is -2.31. The number of carbonyl (C=O) groups is 1. The van der Waals surface area contributed by atoms with E-state index >= 15 is 0 Å². The summed E-state index contributed by atoms with van der Waals surface area (Å²) in [6, 6.07) is 15.4. The average molecular weight is 388 g/mol. The molecule has 0 aromatic heterocycles. The van der Waals surface area contributed by atoms with E-state index in [1.54, 1.807) is 46.8 Å². The van der Waals surface area contributed by atoms with Crippen LogP contribution < -0.4 is 5.32 Å². The van der Waals surface area contributed by atoms with Crippen molar-refractivity contribution in [1.29, 1.82) is 0 Å². The zero-order valence-electron chi connectivity index (χ0n) is 15.0. The fraction of sp³-hybridized carbons (Fsp3) is 0.350. The van der Waals surface area contributed by atoms with Crippen LogP contribution in [0.2, 0.25) is 0 Å². The third kappa shape index (κ3) is 4.94. The Labute approximate surface area is 159 Å². The molecule has 0 amide bonds. The van der Waals surface area contributed by atoms with Crippen molar-refractivity contribution in [1.82, 2.24) is 9.62 Å². The van der Waals surface area contributed by atoms with Gasteiger partial charge in [-0.3, -0.25) is 0 Å².